The third-order valence-electron chi connectivity index (χ3n) is 5.37. The van der Waals surface area contributed by atoms with Crippen molar-refractivity contribution in [2.45, 2.75) is 43.9 Å². The molecule has 3 aromatic heterocycles. The van der Waals surface area contributed by atoms with Crippen molar-refractivity contribution in [3.05, 3.63) is 47.4 Å². The van der Waals surface area contributed by atoms with E-state index in [1.807, 2.05) is 0 Å². The molecule has 156 valence electrons. The summed E-state index contributed by atoms with van der Waals surface area (Å²) in [6, 6.07) is 3.87. The van der Waals surface area contributed by atoms with Crippen LogP contribution in [0.15, 0.2) is 24.4 Å². The lowest BCUT2D eigenvalue weighted by molar-refractivity contribution is -0.141. The summed E-state index contributed by atoms with van der Waals surface area (Å²) in [5, 5.41) is 11.7. The number of hydrogen-bond acceptors (Lipinski definition) is 5. The van der Waals surface area contributed by atoms with Crippen LogP contribution >= 0.6 is 0 Å². The van der Waals surface area contributed by atoms with Gasteiger partial charge in [-0.2, -0.15) is 23.4 Å². The van der Waals surface area contributed by atoms with Gasteiger partial charge in [-0.15, -0.1) is 0 Å². The standard InChI is InChI=1S/C19H18F3N7O/c1-28-17(25-16(27-28)10-2-3-10)18(30)24-12-5-7-29-14(12)9-13(26-29)11-4-6-23-15(8-11)19(20,21)22/h4,6,8-10,12H,2-3,5,7H2,1H3,(H,24,30)/t12-/m0/s1. The smallest absolute Gasteiger partial charge is 0.341 e. The molecule has 0 aromatic carbocycles. The summed E-state index contributed by atoms with van der Waals surface area (Å²) in [7, 11) is 1.69. The number of nitrogens with one attached hydrogen (secondary N) is 1. The van der Waals surface area contributed by atoms with Crippen molar-refractivity contribution in [1.29, 1.82) is 0 Å². The van der Waals surface area contributed by atoms with Crippen LogP contribution in [0.5, 0.6) is 0 Å². The van der Waals surface area contributed by atoms with E-state index < -0.39 is 11.9 Å². The molecule has 0 unspecified atom stereocenters. The van der Waals surface area contributed by atoms with E-state index in [0.29, 0.717) is 36.0 Å². The molecule has 1 atom stereocenters. The number of alkyl halides is 3. The van der Waals surface area contributed by atoms with Gasteiger partial charge in [0.05, 0.1) is 17.4 Å². The number of hydrogen-bond donors (Lipinski definition) is 1. The van der Waals surface area contributed by atoms with Gasteiger partial charge in [-0.1, -0.05) is 0 Å². The maximum absolute atomic E-state index is 13.0. The molecule has 3 aromatic rings. The fraction of sp³-hybridized carbons (Fsp3) is 0.421. The Morgan fingerprint density at radius 3 is 2.73 bits per heavy atom. The Hall–Kier alpha value is -3.24. The van der Waals surface area contributed by atoms with E-state index in [-0.39, 0.29) is 17.8 Å². The highest BCUT2D eigenvalue weighted by Gasteiger charge is 2.34. The third kappa shape index (κ3) is 3.33. The Morgan fingerprint density at radius 1 is 1.20 bits per heavy atom. The molecule has 1 amide bonds. The van der Waals surface area contributed by atoms with Gasteiger partial charge in [-0.3, -0.25) is 14.5 Å². The van der Waals surface area contributed by atoms with E-state index >= 15 is 0 Å². The van der Waals surface area contributed by atoms with Crippen LogP contribution in [0, 0.1) is 0 Å². The Morgan fingerprint density at radius 2 is 2.00 bits per heavy atom. The first kappa shape index (κ1) is 18.8. The zero-order valence-electron chi connectivity index (χ0n) is 16.0. The van der Waals surface area contributed by atoms with E-state index in [9.17, 15) is 18.0 Å². The highest BCUT2D eigenvalue weighted by molar-refractivity contribution is 5.91. The zero-order chi connectivity index (χ0) is 21.0. The summed E-state index contributed by atoms with van der Waals surface area (Å²) in [4.78, 5) is 20.5. The maximum Gasteiger partial charge on any atom is 0.433 e. The van der Waals surface area contributed by atoms with Crippen molar-refractivity contribution in [2.24, 2.45) is 7.05 Å². The van der Waals surface area contributed by atoms with Gasteiger partial charge in [0.2, 0.25) is 5.82 Å². The number of fused-ring (bicyclic) bond motifs is 1. The number of halogens is 3. The Labute approximate surface area is 169 Å². The fourth-order valence-corrected chi connectivity index (χ4v) is 3.66. The average molecular weight is 417 g/mol. The van der Waals surface area contributed by atoms with Crippen molar-refractivity contribution in [1.82, 2.24) is 34.8 Å². The molecule has 11 heteroatoms. The predicted molar refractivity (Wildman–Crippen MR) is 98.3 cm³/mol. The second-order valence-electron chi connectivity index (χ2n) is 7.61. The number of carbonyl (C=O) groups excluding carboxylic acids is 1. The first-order chi connectivity index (χ1) is 14.3. The molecular formula is C19H18F3N7O. The van der Waals surface area contributed by atoms with Crippen LogP contribution in [0.25, 0.3) is 11.3 Å². The van der Waals surface area contributed by atoms with Gasteiger partial charge in [0.25, 0.3) is 5.91 Å². The van der Waals surface area contributed by atoms with Gasteiger partial charge in [-0.25, -0.2) is 9.67 Å². The van der Waals surface area contributed by atoms with Crippen molar-refractivity contribution in [3.63, 3.8) is 0 Å². The second-order valence-corrected chi connectivity index (χ2v) is 7.61. The topological polar surface area (TPSA) is 90.5 Å². The molecule has 5 rings (SSSR count). The highest BCUT2D eigenvalue weighted by Crippen LogP contribution is 2.38. The van der Waals surface area contributed by atoms with Crippen LogP contribution < -0.4 is 5.32 Å². The average Bonchev–Trinajstić information content (AvgIpc) is 3.18. The van der Waals surface area contributed by atoms with Crippen molar-refractivity contribution < 1.29 is 18.0 Å². The summed E-state index contributed by atoms with van der Waals surface area (Å²) in [5.74, 6) is 0.954. The van der Waals surface area contributed by atoms with E-state index in [1.165, 1.54) is 10.7 Å². The predicted octanol–water partition coefficient (Wildman–Crippen LogP) is 2.84. The Balaban J connectivity index is 1.37. The monoisotopic (exact) mass is 417 g/mol. The second kappa shape index (κ2) is 6.64. The molecule has 1 aliphatic carbocycles. The summed E-state index contributed by atoms with van der Waals surface area (Å²) in [6.07, 6.45) is -0.676. The molecule has 0 spiro atoms. The maximum atomic E-state index is 13.0. The van der Waals surface area contributed by atoms with Crippen molar-refractivity contribution in [2.75, 3.05) is 0 Å². The number of aryl methyl sites for hydroxylation is 2. The molecule has 30 heavy (non-hydrogen) atoms. The number of nitrogens with zero attached hydrogens (tertiary/aromatic N) is 6. The van der Waals surface area contributed by atoms with Gasteiger partial charge >= 0.3 is 6.18 Å². The van der Waals surface area contributed by atoms with Gasteiger partial charge in [0.1, 0.15) is 5.69 Å². The molecule has 8 nitrogen and oxygen atoms in total. The molecule has 1 aliphatic heterocycles. The molecular weight excluding hydrogens is 399 g/mol. The van der Waals surface area contributed by atoms with E-state index in [2.05, 4.69) is 25.5 Å². The lowest BCUT2D eigenvalue weighted by atomic mass is 10.1. The number of rotatable bonds is 4. The summed E-state index contributed by atoms with van der Waals surface area (Å²) < 4.78 is 42.0. The largest absolute Gasteiger partial charge is 0.433 e. The quantitative estimate of drug-likeness (QED) is 0.705. The number of aromatic nitrogens is 6. The summed E-state index contributed by atoms with van der Waals surface area (Å²) >= 11 is 0. The molecule has 0 bridgehead atoms. The minimum Gasteiger partial charge on any atom is -0.341 e. The lowest BCUT2D eigenvalue weighted by Gasteiger charge is -2.11. The van der Waals surface area contributed by atoms with E-state index in [0.717, 1.165) is 30.8 Å². The van der Waals surface area contributed by atoms with E-state index in [1.54, 1.807) is 17.8 Å². The molecule has 0 radical (unpaired) electrons. The Kier molecular flexibility index (Phi) is 4.16. The van der Waals surface area contributed by atoms with Crippen LogP contribution in [0.3, 0.4) is 0 Å². The molecule has 4 heterocycles. The van der Waals surface area contributed by atoms with Gasteiger partial charge in [-0.05, 0) is 37.5 Å². The molecule has 0 saturated heterocycles. The minimum absolute atomic E-state index is 0.249. The Bertz CT molecular complexity index is 1130. The molecule has 1 saturated carbocycles. The van der Waals surface area contributed by atoms with Gasteiger partial charge in [0, 0.05) is 31.3 Å². The van der Waals surface area contributed by atoms with E-state index in [4.69, 9.17) is 0 Å². The van der Waals surface area contributed by atoms with Crippen molar-refractivity contribution in [3.8, 4) is 11.3 Å². The molecule has 1 N–H and O–H groups in total. The first-order valence-electron chi connectivity index (χ1n) is 9.63. The zero-order valence-corrected chi connectivity index (χ0v) is 16.0. The number of carbonyl (C=O) groups is 1. The highest BCUT2D eigenvalue weighted by atomic mass is 19.4. The van der Waals surface area contributed by atoms with Crippen molar-refractivity contribution >= 4 is 5.91 Å². The van der Waals surface area contributed by atoms with Gasteiger partial charge in [0.15, 0.2) is 5.82 Å². The van der Waals surface area contributed by atoms with Crippen LogP contribution in [-0.4, -0.2) is 35.4 Å². The minimum atomic E-state index is -4.52. The molecule has 1 fully saturated rings. The molecule has 2 aliphatic rings. The number of amides is 1. The fourth-order valence-electron chi connectivity index (χ4n) is 3.66. The van der Waals surface area contributed by atoms with Crippen LogP contribution in [0.4, 0.5) is 13.2 Å². The summed E-state index contributed by atoms with van der Waals surface area (Å²) in [6.45, 7) is 0.559. The normalized spacial score (nSPS) is 18.5. The van der Waals surface area contributed by atoms with Crippen LogP contribution in [0.2, 0.25) is 0 Å². The third-order valence-corrected chi connectivity index (χ3v) is 5.37. The lowest BCUT2D eigenvalue weighted by Crippen LogP contribution is -2.29. The summed E-state index contributed by atoms with van der Waals surface area (Å²) in [5.41, 5.74) is 0.512. The number of pyridine rings is 1. The van der Waals surface area contributed by atoms with Crippen LogP contribution in [-0.2, 0) is 19.8 Å². The first-order valence-corrected chi connectivity index (χ1v) is 9.63. The van der Waals surface area contributed by atoms with Gasteiger partial charge < -0.3 is 5.32 Å². The SMILES string of the molecule is Cn1nc(C2CC2)nc1C(=O)N[C@H]1CCn2nc(-c3ccnc(C(F)(F)F)c3)cc21. The van der Waals surface area contributed by atoms with Crippen LogP contribution in [0.1, 0.15) is 59.1 Å².